The molecular weight excluding hydrogens is 320 g/mol. The van der Waals surface area contributed by atoms with Crippen molar-refractivity contribution in [3.63, 3.8) is 0 Å². The van der Waals surface area contributed by atoms with Gasteiger partial charge in [0, 0.05) is 37.6 Å². The minimum Gasteiger partial charge on any atom is -0.334 e. The summed E-state index contributed by atoms with van der Waals surface area (Å²) < 4.78 is 2.09. The maximum Gasteiger partial charge on any atom is 0.323 e. The second-order valence-electron chi connectivity index (χ2n) is 6.00. The molecule has 0 aliphatic rings. The van der Waals surface area contributed by atoms with Crippen molar-refractivity contribution < 1.29 is 4.79 Å². The predicted molar refractivity (Wildman–Crippen MR) is 96.4 cm³/mol. The Balaban J connectivity index is 1.52. The molecule has 8 nitrogen and oxygen atoms in total. The lowest BCUT2D eigenvalue weighted by atomic mass is 10.2. The fraction of sp³-hybridized carbons (Fsp3) is 0.353. The van der Waals surface area contributed by atoms with Crippen molar-refractivity contribution in [3.8, 4) is 0 Å². The zero-order valence-electron chi connectivity index (χ0n) is 14.4. The highest BCUT2D eigenvalue weighted by Crippen LogP contribution is 2.14. The number of anilines is 1. The third-order valence-corrected chi connectivity index (χ3v) is 4.07. The van der Waals surface area contributed by atoms with Crippen molar-refractivity contribution in [2.24, 2.45) is 0 Å². The average molecular weight is 342 g/mol. The molecule has 0 spiro atoms. The molecule has 3 N–H and O–H groups in total. The zero-order valence-corrected chi connectivity index (χ0v) is 14.4. The van der Waals surface area contributed by atoms with Crippen LogP contribution in [-0.2, 0) is 17.9 Å². The van der Waals surface area contributed by atoms with Crippen LogP contribution in [0.25, 0.3) is 11.0 Å². The second-order valence-corrected chi connectivity index (χ2v) is 6.00. The predicted octanol–water partition coefficient (Wildman–Crippen LogP) is 1.53. The number of carbonyl (C=O) groups is 1. The highest BCUT2D eigenvalue weighted by molar-refractivity contribution is 5.93. The molecule has 0 fully saturated rings. The van der Waals surface area contributed by atoms with Crippen LogP contribution in [0.4, 0.5) is 5.69 Å². The lowest BCUT2D eigenvalue weighted by Gasteiger charge is -2.16. The monoisotopic (exact) mass is 342 g/mol. The van der Waals surface area contributed by atoms with Gasteiger partial charge in [-0.15, -0.1) is 0 Å². The number of benzene rings is 1. The lowest BCUT2D eigenvalue weighted by Crippen LogP contribution is -2.25. The van der Waals surface area contributed by atoms with Gasteiger partial charge >= 0.3 is 5.69 Å². The summed E-state index contributed by atoms with van der Waals surface area (Å²) in [5.74, 6) is 0.926. The molecule has 132 valence electrons. The van der Waals surface area contributed by atoms with E-state index in [4.69, 9.17) is 0 Å². The average Bonchev–Trinajstić information content (AvgIpc) is 3.17. The van der Waals surface area contributed by atoms with Gasteiger partial charge in [0.1, 0.15) is 5.82 Å². The Morgan fingerprint density at radius 3 is 2.92 bits per heavy atom. The second kappa shape index (κ2) is 7.35. The number of aryl methyl sites for hydroxylation is 1. The van der Waals surface area contributed by atoms with Gasteiger partial charge < -0.3 is 19.9 Å². The Hall–Kier alpha value is -2.87. The van der Waals surface area contributed by atoms with Crippen molar-refractivity contribution in [2.45, 2.75) is 26.4 Å². The van der Waals surface area contributed by atoms with Gasteiger partial charge in [0.15, 0.2) is 0 Å². The molecule has 0 aliphatic heterocycles. The van der Waals surface area contributed by atoms with Gasteiger partial charge in [0.25, 0.3) is 0 Å². The van der Waals surface area contributed by atoms with Crippen LogP contribution in [0.15, 0.2) is 35.4 Å². The van der Waals surface area contributed by atoms with Gasteiger partial charge in [-0.05, 0) is 32.2 Å². The molecule has 0 saturated heterocycles. The number of aromatic nitrogens is 4. The SMILES string of the molecule is CCn1ccnc1CN(C)CCC(=O)Nc1ccc2[nH]c(=O)[nH]c2c1. The number of amides is 1. The van der Waals surface area contributed by atoms with Gasteiger partial charge in [-0.1, -0.05) is 0 Å². The highest BCUT2D eigenvalue weighted by Gasteiger charge is 2.09. The van der Waals surface area contributed by atoms with Crippen LogP contribution in [0.1, 0.15) is 19.2 Å². The van der Waals surface area contributed by atoms with Crippen molar-refractivity contribution in [1.82, 2.24) is 24.4 Å². The minimum absolute atomic E-state index is 0.0667. The molecule has 1 aromatic carbocycles. The molecule has 8 heteroatoms. The molecule has 0 atom stereocenters. The number of rotatable bonds is 7. The van der Waals surface area contributed by atoms with E-state index < -0.39 is 0 Å². The van der Waals surface area contributed by atoms with Crippen LogP contribution in [0.3, 0.4) is 0 Å². The van der Waals surface area contributed by atoms with Crippen LogP contribution >= 0.6 is 0 Å². The Morgan fingerprint density at radius 2 is 2.12 bits per heavy atom. The summed E-state index contributed by atoms with van der Waals surface area (Å²) in [4.78, 5) is 35.2. The number of nitrogens with one attached hydrogen (secondary N) is 3. The maximum atomic E-state index is 12.1. The Morgan fingerprint density at radius 1 is 1.32 bits per heavy atom. The first-order valence-electron chi connectivity index (χ1n) is 8.25. The number of H-pyrrole nitrogens is 2. The van der Waals surface area contributed by atoms with Crippen molar-refractivity contribution in [2.75, 3.05) is 18.9 Å². The normalized spacial score (nSPS) is 11.3. The molecule has 25 heavy (non-hydrogen) atoms. The molecule has 0 saturated carbocycles. The van der Waals surface area contributed by atoms with Crippen molar-refractivity contribution in [3.05, 3.63) is 46.9 Å². The summed E-state index contributed by atoms with van der Waals surface area (Å²) in [5.41, 5.74) is 1.79. The van der Waals surface area contributed by atoms with Crippen molar-refractivity contribution in [1.29, 1.82) is 0 Å². The van der Waals surface area contributed by atoms with Crippen molar-refractivity contribution >= 4 is 22.6 Å². The fourth-order valence-corrected chi connectivity index (χ4v) is 2.73. The minimum atomic E-state index is -0.259. The van der Waals surface area contributed by atoms with Gasteiger partial charge in [-0.3, -0.25) is 9.69 Å². The number of carbonyl (C=O) groups excluding carboxylic acids is 1. The number of nitrogens with zero attached hydrogens (tertiary/aromatic N) is 3. The Labute approximate surface area is 144 Å². The molecular formula is C17H22N6O2. The summed E-state index contributed by atoms with van der Waals surface area (Å²) in [7, 11) is 1.97. The molecule has 0 bridgehead atoms. The first kappa shape index (κ1) is 17.0. The third kappa shape index (κ3) is 4.16. The zero-order chi connectivity index (χ0) is 17.8. The van der Waals surface area contributed by atoms with E-state index in [9.17, 15) is 9.59 Å². The Kier molecular flexibility index (Phi) is 4.99. The number of hydrogen-bond donors (Lipinski definition) is 3. The molecule has 3 rings (SSSR count). The summed E-state index contributed by atoms with van der Waals surface area (Å²) in [5, 5.41) is 2.86. The van der Waals surface area contributed by atoms with E-state index in [0.717, 1.165) is 12.4 Å². The summed E-state index contributed by atoms with van der Waals surface area (Å²) in [6.45, 7) is 4.29. The molecule has 0 radical (unpaired) electrons. The molecule has 2 heterocycles. The van der Waals surface area contributed by atoms with Gasteiger partial charge in [-0.25, -0.2) is 9.78 Å². The van der Waals surface area contributed by atoms with Crippen LogP contribution in [0.5, 0.6) is 0 Å². The summed E-state index contributed by atoms with van der Waals surface area (Å²) >= 11 is 0. The fourth-order valence-electron chi connectivity index (χ4n) is 2.73. The first-order chi connectivity index (χ1) is 12.0. The topological polar surface area (TPSA) is 98.8 Å². The van der Waals surface area contributed by atoms with E-state index in [-0.39, 0.29) is 11.6 Å². The molecule has 0 aliphatic carbocycles. The lowest BCUT2D eigenvalue weighted by molar-refractivity contribution is -0.116. The van der Waals surface area contributed by atoms with E-state index >= 15 is 0 Å². The maximum absolute atomic E-state index is 12.1. The van der Waals surface area contributed by atoms with E-state index in [1.807, 2.05) is 13.2 Å². The quantitative estimate of drug-likeness (QED) is 0.606. The van der Waals surface area contributed by atoms with E-state index in [1.165, 1.54) is 0 Å². The first-order valence-corrected chi connectivity index (χ1v) is 8.25. The summed E-state index contributed by atoms with van der Waals surface area (Å²) in [6, 6.07) is 5.28. The Bertz CT molecular complexity index is 923. The standard InChI is InChI=1S/C17H22N6O2/c1-3-23-9-7-18-15(23)11-22(2)8-6-16(24)19-12-4-5-13-14(10-12)21-17(25)20-13/h4-5,7,9-10H,3,6,8,11H2,1-2H3,(H,19,24)(H2,20,21,25). The molecule has 1 amide bonds. The number of fused-ring (bicyclic) bond motifs is 1. The largest absolute Gasteiger partial charge is 0.334 e. The van der Waals surface area contributed by atoms with E-state index in [1.54, 1.807) is 24.4 Å². The number of hydrogen-bond acceptors (Lipinski definition) is 4. The summed E-state index contributed by atoms with van der Waals surface area (Å²) in [6.07, 6.45) is 4.13. The third-order valence-electron chi connectivity index (χ3n) is 4.07. The van der Waals surface area contributed by atoms with Gasteiger partial charge in [0.2, 0.25) is 5.91 Å². The van der Waals surface area contributed by atoms with Crippen LogP contribution in [0.2, 0.25) is 0 Å². The highest BCUT2D eigenvalue weighted by atomic mass is 16.1. The smallest absolute Gasteiger partial charge is 0.323 e. The molecule has 2 aromatic heterocycles. The van der Waals surface area contributed by atoms with Gasteiger partial charge in [-0.2, -0.15) is 0 Å². The van der Waals surface area contributed by atoms with Gasteiger partial charge in [0.05, 0.1) is 17.6 Å². The van der Waals surface area contributed by atoms with Crippen LogP contribution in [0, 0.1) is 0 Å². The molecule has 0 unspecified atom stereocenters. The van der Waals surface area contributed by atoms with E-state index in [2.05, 4.69) is 36.7 Å². The van der Waals surface area contributed by atoms with Crippen LogP contribution in [-0.4, -0.2) is 43.9 Å². The number of aromatic amines is 2. The van der Waals surface area contributed by atoms with Crippen LogP contribution < -0.4 is 11.0 Å². The number of imidazole rings is 2. The molecule has 3 aromatic rings. The van der Waals surface area contributed by atoms with E-state index in [0.29, 0.717) is 36.2 Å².